The number of nitrogens with zero attached hydrogens (tertiary/aromatic N) is 3. The molecule has 0 bridgehead atoms. The molecule has 0 aliphatic carbocycles. The van der Waals surface area contributed by atoms with Gasteiger partial charge in [-0.15, -0.1) is 0 Å². The number of benzene rings is 4. The van der Waals surface area contributed by atoms with Gasteiger partial charge in [-0.1, -0.05) is 91.9 Å². The number of guanidine groups is 2. The maximum absolute atomic E-state index is 14.3. The Balaban J connectivity index is 0.715. The first-order valence-corrected chi connectivity index (χ1v) is 33.8. The molecule has 0 saturated carbocycles. The zero-order valence-corrected chi connectivity index (χ0v) is 56.4. The zero-order valence-electron chi connectivity index (χ0n) is 56.4. The molecular formula is C68H90N12O24. The summed E-state index contributed by atoms with van der Waals surface area (Å²) < 4.78 is 47.3. The molecule has 4 fully saturated rings. The Morgan fingerprint density at radius 1 is 0.663 bits per heavy atom. The van der Waals surface area contributed by atoms with E-state index in [-0.39, 0.29) is 50.2 Å². The van der Waals surface area contributed by atoms with Gasteiger partial charge in [-0.25, -0.2) is 0 Å². The molecule has 4 aromatic rings. The van der Waals surface area contributed by atoms with Crippen LogP contribution in [0.25, 0.3) is 0 Å². The van der Waals surface area contributed by atoms with E-state index in [0.717, 1.165) is 5.56 Å². The standard InChI is InChI=1S/C68H90N12O24/c1-32(35-10-6-3-7-11-35)49(79-48(85)25-72-60(94)44(27-82)78-61(95)43(77-59(93)42(69)21-37-23-73-67(70)76-37)22-39-24-74-68(71)80(39)63-54(90)51(87)50(86)45(28-83)100-63)62(96)75-38(26-81)20-33-12-16-41(17-13-33)99-65-55(91)52(88)57(46(29-84)101-65)104-66-56(92)53(89)58-47(102-66)31-98-64(103-58)36-14-18-40(19-15-36)97-30-34-8-4-2-5-9-34/h2-19,26,32,37-39,42-47,49-58,63-66,82-84,86-92H,20-25,27-31,69H2,1H3,(H2,71,74)(H,72,94)(H,75,96)(H,77,93)(H,78,95)(H,79,85)(H3,70,73,76)/t32?,37?,38-,39?,42+,43-,44+,45-,46-,47-,49+,50-,51+,52-,53-,54+,55+,56+,57-,58-,63+,64+,65+,66-/m1/s1. The Morgan fingerprint density at radius 2 is 1.34 bits per heavy atom. The van der Waals surface area contributed by atoms with Crippen LogP contribution in [-0.2, 0) is 70.2 Å². The SMILES string of the molecule is CC(c1ccccc1)[C@H](NC(=O)CNC(=O)[C@H](CO)NC(=O)[C@@H](CC1CN=C(N)N1[C@H]1O[C@H](CO)[C@@H](O)[C@H](O)[C@@H]1O)NC(=O)[C@@H](N)CC1CN=C(N)N1)C(=O)N[C@@H](C=O)Cc1ccc(O[C@H]2O[C@H](CO)[C@@H](O[C@H]3O[C@@H]4CO[C@H](c5ccc(OCc6ccccc6)cc5)O[C@H]4[C@H](O)[C@@H]3O)[C@H](O)[C@@H]2O)cc1. The Bertz CT molecular complexity index is 3570. The van der Waals surface area contributed by atoms with Crippen LogP contribution < -0.4 is 58.6 Å². The topological polar surface area (TPSA) is 557 Å². The molecular weight excluding hydrogens is 1370 g/mol. The first-order valence-electron chi connectivity index (χ1n) is 33.8. The molecule has 0 aromatic heterocycles. The third-order valence-corrected chi connectivity index (χ3v) is 18.7. The fourth-order valence-corrected chi connectivity index (χ4v) is 12.9. The highest BCUT2D eigenvalue weighted by molar-refractivity contribution is 5.95. The largest absolute Gasteiger partial charge is 0.489 e. The summed E-state index contributed by atoms with van der Waals surface area (Å²) in [4.78, 5) is 91.9. The number of hydrogen-bond donors (Lipinski definition) is 19. The van der Waals surface area contributed by atoms with Crippen molar-refractivity contribution in [1.29, 1.82) is 0 Å². The van der Waals surface area contributed by atoms with Gasteiger partial charge < -0.3 is 148 Å². The number of fused-ring (bicyclic) bond motifs is 1. The second-order valence-electron chi connectivity index (χ2n) is 26.0. The number of carbonyl (C=O) groups excluding carboxylic acids is 6. The molecule has 0 spiro atoms. The molecule has 6 heterocycles. The third-order valence-electron chi connectivity index (χ3n) is 18.7. The summed E-state index contributed by atoms with van der Waals surface area (Å²) in [5.41, 5.74) is 20.9. The second-order valence-corrected chi connectivity index (χ2v) is 26.0. The first kappa shape index (κ1) is 78.0. The number of aliphatic hydroxyl groups is 10. The number of amides is 5. The lowest BCUT2D eigenvalue weighted by molar-refractivity contribution is -0.383. The highest BCUT2D eigenvalue weighted by Crippen LogP contribution is 2.37. The van der Waals surface area contributed by atoms with Gasteiger partial charge in [0.2, 0.25) is 35.8 Å². The molecule has 566 valence electrons. The van der Waals surface area contributed by atoms with E-state index in [9.17, 15) is 79.8 Å². The van der Waals surface area contributed by atoms with Crippen molar-refractivity contribution in [3.05, 3.63) is 131 Å². The van der Waals surface area contributed by atoms with E-state index in [1.807, 2.05) is 30.3 Å². The van der Waals surface area contributed by atoms with Gasteiger partial charge in [0.05, 0.1) is 70.2 Å². The molecule has 36 nitrogen and oxygen atoms in total. The van der Waals surface area contributed by atoms with Crippen LogP contribution in [0, 0.1) is 0 Å². The van der Waals surface area contributed by atoms with Crippen LogP contribution >= 0.6 is 0 Å². The van der Waals surface area contributed by atoms with Gasteiger partial charge in [-0.2, -0.15) is 0 Å². The molecule has 10 rings (SSSR count). The lowest BCUT2D eigenvalue weighted by atomic mass is 9.92. The molecule has 5 amide bonds. The van der Waals surface area contributed by atoms with E-state index < -0.39 is 209 Å². The number of hydrogen-bond acceptors (Lipinski definition) is 31. The zero-order chi connectivity index (χ0) is 74.5. The number of aliphatic hydroxyl groups excluding tert-OH is 10. The van der Waals surface area contributed by atoms with Crippen LogP contribution in [0.4, 0.5) is 0 Å². The lowest BCUT2D eigenvalue weighted by Crippen LogP contribution is -2.66. The molecule has 6 aliphatic rings. The normalized spacial score (nSPS) is 30.6. The van der Waals surface area contributed by atoms with Crippen molar-refractivity contribution in [2.24, 2.45) is 27.2 Å². The molecule has 4 aromatic carbocycles. The van der Waals surface area contributed by atoms with Gasteiger partial charge in [0, 0.05) is 11.5 Å². The van der Waals surface area contributed by atoms with Crippen molar-refractivity contribution in [2.75, 3.05) is 46.1 Å². The number of nitrogens with one attached hydrogen (secondary N) is 6. The van der Waals surface area contributed by atoms with Crippen LogP contribution in [0.2, 0.25) is 0 Å². The third kappa shape index (κ3) is 19.1. The van der Waals surface area contributed by atoms with Gasteiger partial charge >= 0.3 is 0 Å². The molecule has 0 radical (unpaired) electrons. The van der Waals surface area contributed by atoms with E-state index in [2.05, 4.69) is 41.9 Å². The predicted molar refractivity (Wildman–Crippen MR) is 360 cm³/mol. The monoisotopic (exact) mass is 1460 g/mol. The summed E-state index contributed by atoms with van der Waals surface area (Å²) in [6.07, 6.45) is -24.4. The number of aliphatic imine (C=N–C) groups is 2. The van der Waals surface area contributed by atoms with Crippen molar-refractivity contribution < 1.29 is 118 Å². The maximum atomic E-state index is 14.3. The van der Waals surface area contributed by atoms with E-state index in [4.69, 9.17) is 55.1 Å². The average molecular weight is 1460 g/mol. The van der Waals surface area contributed by atoms with Crippen LogP contribution in [0.15, 0.2) is 119 Å². The van der Waals surface area contributed by atoms with Gasteiger partial charge in [-0.05, 0) is 60.2 Å². The summed E-state index contributed by atoms with van der Waals surface area (Å²) in [5.74, 6) is -4.93. The van der Waals surface area contributed by atoms with Crippen molar-refractivity contribution in [1.82, 2.24) is 36.8 Å². The summed E-state index contributed by atoms with van der Waals surface area (Å²) in [6.45, 7) is -1.51. The highest BCUT2D eigenvalue weighted by atomic mass is 16.8. The molecule has 4 saturated heterocycles. The molecule has 3 unspecified atom stereocenters. The van der Waals surface area contributed by atoms with Crippen LogP contribution in [0.1, 0.15) is 54.2 Å². The van der Waals surface area contributed by atoms with Crippen molar-refractivity contribution in [3.8, 4) is 11.5 Å². The highest BCUT2D eigenvalue weighted by Gasteiger charge is 2.54. The minimum atomic E-state index is -1.83. The smallest absolute Gasteiger partial charge is 0.245 e. The lowest BCUT2D eigenvalue weighted by Gasteiger charge is -2.48. The van der Waals surface area contributed by atoms with E-state index >= 15 is 0 Å². The van der Waals surface area contributed by atoms with E-state index in [1.165, 1.54) is 29.2 Å². The van der Waals surface area contributed by atoms with Crippen LogP contribution in [0.5, 0.6) is 11.5 Å². The molecule has 22 N–H and O–H groups in total. The molecule has 24 atom stereocenters. The van der Waals surface area contributed by atoms with Gasteiger partial charge in [0.25, 0.3) is 0 Å². The molecule has 6 aliphatic heterocycles. The van der Waals surface area contributed by atoms with E-state index in [1.54, 1.807) is 61.5 Å². The van der Waals surface area contributed by atoms with Crippen molar-refractivity contribution in [3.63, 3.8) is 0 Å². The van der Waals surface area contributed by atoms with Crippen LogP contribution in [-0.4, -0.2) is 284 Å². The quantitative estimate of drug-likeness (QED) is 0.0208. The number of aldehydes is 1. The van der Waals surface area contributed by atoms with Gasteiger partial charge in [0.1, 0.15) is 116 Å². The molecule has 36 heteroatoms. The van der Waals surface area contributed by atoms with E-state index in [0.29, 0.717) is 35.3 Å². The minimum Gasteiger partial charge on any atom is -0.489 e. The summed E-state index contributed by atoms with van der Waals surface area (Å²) in [7, 11) is 0. The maximum Gasteiger partial charge on any atom is 0.245 e. The Labute approximate surface area is 595 Å². The second kappa shape index (κ2) is 35.9. The molecule has 104 heavy (non-hydrogen) atoms. The van der Waals surface area contributed by atoms with Crippen molar-refractivity contribution in [2.45, 2.75) is 179 Å². The summed E-state index contributed by atoms with van der Waals surface area (Å²) in [5, 5.41) is 123. The Morgan fingerprint density at radius 3 is 2.00 bits per heavy atom. The number of nitrogens with two attached hydrogens (primary N) is 3. The fourth-order valence-electron chi connectivity index (χ4n) is 12.9. The average Bonchev–Trinajstić information content (AvgIpc) is 1.33. The van der Waals surface area contributed by atoms with Gasteiger partial charge in [0.15, 0.2) is 30.7 Å². The van der Waals surface area contributed by atoms with Crippen molar-refractivity contribution >= 4 is 47.7 Å². The Kier molecular flexibility index (Phi) is 26.9. The van der Waals surface area contributed by atoms with Crippen LogP contribution in [0.3, 0.4) is 0 Å². The number of rotatable bonds is 31. The fraction of sp³-hybridized carbons (Fsp3) is 0.529. The minimum absolute atomic E-state index is 0.000368. The Hall–Kier alpha value is -8.64. The van der Waals surface area contributed by atoms with Gasteiger partial charge in [-0.3, -0.25) is 34.0 Å². The predicted octanol–water partition coefficient (Wildman–Crippen LogP) is -7.18. The first-order chi connectivity index (χ1) is 49.9. The summed E-state index contributed by atoms with van der Waals surface area (Å²) >= 11 is 0. The number of carbonyl (C=O) groups is 6. The number of ether oxygens (including phenoxy) is 8. The summed E-state index contributed by atoms with van der Waals surface area (Å²) in [6, 6.07) is 22.4.